The van der Waals surface area contributed by atoms with Crippen LogP contribution in [0.25, 0.3) is 10.6 Å². The molecule has 1 N–H and O–H groups in total. The number of thiazole rings is 1. The monoisotopic (exact) mass is 490 g/mol. The van der Waals surface area contributed by atoms with Gasteiger partial charge in [-0.15, -0.1) is 11.3 Å². The molecule has 0 aliphatic carbocycles. The third kappa shape index (κ3) is 4.85. The van der Waals surface area contributed by atoms with E-state index in [1.165, 1.54) is 11.3 Å². The molecule has 0 saturated heterocycles. The van der Waals surface area contributed by atoms with Crippen molar-refractivity contribution in [1.82, 2.24) is 14.8 Å². The molecule has 1 aliphatic heterocycles. The largest absolute Gasteiger partial charge is 0.503 e. The molecule has 4 rings (SSSR count). The van der Waals surface area contributed by atoms with Gasteiger partial charge in [-0.3, -0.25) is 9.59 Å². The van der Waals surface area contributed by atoms with Crippen molar-refractivity contribution in [2.45, 2.75) is 13.0 Å². The molecule has 0 radical (unpaired) electrons. The van der Waals surface area contributed by atoms with Crippen LogP contribution < -0.4 is 4.90 Å². The van der Waals surface area contributed by atoms with E-state index < -0.39 is 17.7 Å². The van der Waals surface area contributed by atoms with E-state index in [-0.39, 0.29) is 11.4 Å². The number of aromatic nitrogens is 1. The highest BCUT2D eigenvalue weighted by molar-refractivity contribution is 7.17. The summed E-state index contributed by atoms with van der Waals surface area (Å²) in [6.45, 7) is 2.77. The number of ketones is 1. The van der Waals surface area contributed by atoms with E-state index in [1.54, 1.807) is 11.8 Å². The van der Waals surface area contributed by atoms with Crippen molar-refractivity contribution in [3.05, 3.63) is 82.1 Å². The Kier molecular flexibility index (Phi) is 7.05. The molecule has 0 spiro atoms. The summed E-state index contributed by atoms with van der Waals surface area (Å²) in [6, 6.07) is 16.7. The van der Waals surface area contributed by atoms with Gasteiger partial charge in [0, 0.05) is 38.4 Å². The normalized spacial score (nSPS) is 15.9. The predicted octanol–water partition coefficient (Wildman–Crippen LogP) is 4.32. The number of nitrogens with zero attached hydrogens (tertiary/aromatic N) is 4. The quantitative estimate of drug-likeness (QED) is 0.474. The number of carbonyl (C=O) groups excluding carboxylic acids is 2. The topological polar surface area (TPSA) is 77.0 Å². The first-order valence-electron chi connectivity index (χ1n) is 11.4. The molecule has 1 aliphatic rings. The van der Waals surface area contributed by atoms with E-state index >= 15 is 0 Å². The van der Waals surface area contributed by atoms with Crippen LogP contribution in [0.15, 0.2) is 65.9 Å². The van der Waals surface area contributed by atoms with Gasteiger partial charge in [-0.05, 0) is 38.7 Å². The summed E-state index contributed by atoms with van der Waals surface area (Å²) in [5.74, 6) is -1.37. The number of aryl methyl sites for hydroxylation is 1. The Labute approximate surface area is 209 Å². The Morgan fingerprint density at radius 1 is 1.06 bits per heavy atom. The fourth-order valence-electron chi connectivity index (χ4n) is 4.16. The van der Waals surface area contributed by atoms with Crippen molar-refractivity contribution in [3.8, 4) is 10.6 Å². The first-order chi connectivity index (χ1) is 16.7. The molecule has 182 valence electrons. The molecular formula is C27H30N4O3S. The number of aliphatic hydroxyl groups excluding tert-OH is 1. The van der Waals surface area contributed by atoms with E-state index in [2.05, 4.69) is 4.98 Å². The second-order valence-electron chi connectivity index (χ2n) is 9.08. The summed E-state index contributed by atoms with van der Waals surface area (Å²) >= 11 is 1.28. The highest BCUT2D eigenvalue weighted by Gasteiger charge is 2.44. The molecule has 2 heterocycles. The lowest BCUT2D eigenvalue weighted by molar-refractivity contribution is -0.129. The van der Waals surface area contributed by atoms with Gasteiger partial charge in [0.1, 0.15) is 5.01 Å². The van der Waals surface area contributed by atoms with Crippen molar-refractivity contribution >= 4 is 28.7 Å². The second-order valence-corrected chi connectivity index (χ2v) is 10.1. The number of Topliss-reactive ketones (excluding diaryl/α,β-unsaturated/α-hetero) is 1. The number of amides is 1. The molecule has 0 bridgehead atoms. The minimum atomic E-state index is -0.673. The number of hydrogen-bond acceptors (Lipinski definition) is 7. The van der Waals surface area contributed by atoms with Crippen LogP contribution in [0.3, 0.4) is 0 Å². The zero-order valence-electron chi connectivity index (χ0n) is 20.6. The van der Waals surface area contributed by atoms with Gasteiger partial charge in [0.2, 0.25) is 5.78 Å². The number of aliphatic hydroxyl groups is 1. The number of hydrogen-bond donors (Lipinski definition) is 1. The highest BCUT2D eigenvalue weighted by atomic mass is 32.1. The van der Waals surface area contributed by atoms with E-state index in [0.29, 0.717) is 23.7 Å². The molecule has 2 aromatic carbocycles. The molecule has 1 aromatic heterocycles. The minimum absolute atomic E-state index is 0.109. The van der Waals surface area contributed by atoms with Gasteiger partial charge in [-0.25, -0.2) is 4.98 Å². The SMILES string of the molecule is Cc1nc(-c2ccccc2)sc1C(=O)C1=C(O)C(=O)N(CCN(C)C)C1c1ccc(N(C)C)cc1. The maximum Gasteiger partial charge on any atom is 0.290 e. The maximum absolute atomic E-state index is 13.9. The van der Waals surface area contributed by atoms with Crippen molar-refractivity contribution in [3.63, 3.8) is 0 Å². The minimum Gasteiger partial charge on any atom is -0.503 e. The van der Waals surface area contributed by atoms with E-state index in [1.807, 2.05) is 92.6 Å². The Morgan fingerprint density at radius 3 is 2.31 bits per heavy atom. The molecule has 8 heteroatoms. The summed E-state index contributed by atoms with van der Waals surface area (Å²) in [6.07, 6.45) is 0. The lowest BCUT2D eigenvalue weighted by Gasteiger charge is -2.28. The van der Waals surface area contributed by atoms with Crippen LogP contribution in [-0.2, 0) is 4.79 Å². The molecule has 1 unspecified atom stereocenters. The van der Waals surface area contributed by atoms with E-state index in [0.717, 1.165) is 21.8 Å². The fourth-order valence-corrected chi connectivity index (χ4v) is 5.18. The number of likely N-dealkylation sites (N-methyl/N-ethyl adjacent to an activating group) is 1. The second kappa shape index (κ2) is 10.0. The third-order valence-corrected chi connectivity index (χ3v) is 7.29. The Hall–Kier alpha value is -3.49. The third-order valence-electron chi connectivity index (χ3n) is 6.09. The summed E-state index contributed by atoms with van der Waals surface area (Å²) < 4.78 is 0. The number of anilines is 1. The van der Waals surface area contributed by atoms with Gasteiger partial charge in [-0.1, -0.05) is 42.5 Å². The predicted molar refractivity (Wildman–Crippen MR) is 140 cm³/mol. The van der Waals surface area contributed by atoms with Crippen LogP contribution >= 0.6 is 11.3 Å². The zero-order valence-corrected chi connectivity index (χ0v) is 21.5. The first kappa shape index (κ1) is 24.6. The van der Waals surface area contributed by atoms with Crippen molar-refractivity contribution in [2.75, 3.05) is 46.2 Å². The summed E-state index contributed by atoms with van der Waals surface area (Å²) in [5.41, 5.74) is 3.40. The average molecular weight is 491 g/mol. The van der Waals surface area contributed by atoms with Gasteiger partial charge in [0.05, 0.1) is 22.2 Å². The van der Waals surface area contributed by atoms with Gasteiger partial charge in [-0.2, -0.15) is 0 Å². The first-order valence-corrected chi connectivity index (χ1v) is 12.2. The summed E-state index contributed by atoms with van der Waals surface area (Å²) in [4.78, 5) is 37.6. The van der Waals surface area contributed by atoms with Crippen molar-refractivity contribution in [2.24, 2.45) is 0 Å². The molecule has 0 saturated carbocycles. The van der Waals surface area contributed by atoms with E-state index in [9.17, 15) is 14.7 Å². The Bertz CT molecular complexity index is 1260. The molecule has 1 amide bonds. The Morgan fingerprint density at radius 2 is 1.71 bits per heavy atom. The lowest BCUT2D eigenvalue weighted by Crippen LogP contribution is -2.36. The summed E-state index contributed by atoms with van der Waals surface area (Å²) in [5, 5.41) is 11.7. The highest BCUT2D eigenvalue weighted by Crippen LogP contribution is 2.41. The van der Waals surface area contributed by atoms with Crippen LogP contribution in [0, 0.1) is 6.92 Å². The van der Waals surface area contributed by atoms with Crippen LogP contribution in [0.1, 0.15) is 27.0 Å². The standard InChI is InChI=1S/C27H30N4O3S/c1-17-25(35-26(28-17)19-9-7-6-8-10-19)23(32)21-22(18-11-13-20(14-12-18)30(4)5)31(16-15-29(2)3)27(34)24(21)33/h6-14,22,33H,15-16H2,1-5H3. The lowest BCUT2D eigenvalue weighted by atomic mass is 9.95. The van der Waals surface area contributed by atoms with Crippen LogP contribution in [0.2, 0.25) is 0 Å². The Balaban J connectivity index is 1.76. The van der Waals surface area contributed by atoms with Gasteiger partial charge in [0.15, 0.2) is 5.76 Å². The number of rotatable bonds is 8. The smallest absolute Gasteiger partial charge is 0.290 e. The molecule has 3 aromatic rings. The zero-order chi connectivity index (χ0) is 25.3. The molecule has 35 heavy (non-hydrogen) atoms. The van der Waals surface area contributed by atoms with Gasteiger partial charge >= 0.3 is 0 Å². The van der Waals surface area contributed by atoms with Crippen LogP contribution in [0.4, 0.5) is 5.69 Å². The van der Waals surface area contributed by atoms with E-state index in [4.69, 9.17) is 0 Å². The maximum atomic E-state index is 13.9. The number of benzene rings is 2. The van der Waals surface area contributed by atoms with Crippen molar-refractivity contribution in [1.29, 1.82) is 0 Å². The number of carbonyl (C=O) groups is 2. The molecular weight excluding hydrogens is 460 g/mol. The van der Waals surface area contributed by atoms with Crippen LogP contribution in [0.5, 0.6) is 0 Å². The fraction of sp³-hybridized carbons (Fsp3) is 0.296. The average Bonchev–Trinajstić information content (AvgIpc) is 3.35. The van der Waals surface area contributed by atoms with Gasteiger partial charge < -0.3 is 19.8 Å². The van der Waals surface area contributed by atoms with Gasteiger partial charge in [0.25, 0.3) is 5.91 Å². The molecule has 1 atom stereocenters. The van der Waals surface area contributed by atoms with Crippen molar-refractivity contribution < 1.29 is 14.7 Å². The van der Waals surface area contributed by atoms with Crippen LogP contribution in [-0.4, -0.2) is 72.9 Å². The summed E-state index contributed by atoms with van der Waals surface area (Å²) in [7, 11) is 7.75. The molecule has 0 fully saturated rings. The molecule has 7 nitrogen and oxygen atoms in total.